The first kappa shape index (κ1) is 24.4. The van der Waals surface area contributed by atoms with E-state index in [9.17, 15) is 14.4 Å². The lowest BCUT2D eigenvalue weighted by atomic mass is 10.1. The minimum absolute atomic E-state index is 0.0764. The molecule has 3 aromatic heterocycles. The number of aromatic nitrogens is 3. The van der Waals surface area contributed by atoms with Gasteiger partial charge >= 0.3 is 6.03 Å². The van der Waals surface area contributed by atoms with Crippen LogP contribution in [0.2, 0.25) is 0 Å². The molecule has 10 heteroatoms. The van der Waals surface area contributed by atoms with Crippen molar-refractivity contribution < 1.29 is 9.59 Å². The molecule has 0 aliphatic heterocycles. The molecule has 4 aromatic rings. The SMILES string of the molecule is CCn1c(N)c(C(=O)NC)c(=O)c2ccc(-c3ccc(NC(=O)N(C)Cc4cccnc4)cc3)nc21. The number of carbonyl (C=O) groups is 2. The first-order chi connectivity index (χ1) is 17.3. The lowest BCUT2D eigenvalue weighted by molar-refractivity contribution is 0.0962. The highest BCUT2D eigenvalue weighted by Crippen LogP contribution is 2.24. The number of nitrogens with one attached hydrogen (secondary N) is 2. The van der Waals surface area contributed by atoms with E-state index in [-0.39, 0.29) is 17.4 Å². The van der Waals surface area contributed by atoms with Crippen LogP contribution in [-0.2, 0) is 13.1 Å². The predicted octanol–water partition coefficient (Wildman–Crippen LogP) is 3.08. The second-order valence-electron chi connectivity index (χ2n) is 8.21. The van der Waals surface area contributed by atoms with Crippen molar-refractivity contribution in [2.45, 2.75) is 20.0 Å². The summed E-state index contributed by atoms with van der Waals surface area (Å²) in [7, 11) is 3.16. The molecule has 0 aliphatic rings. The average Bonchev–Trinajstić information content (AvgIpc) is 2.89. The molecule has 184 valence electrons. The Kier molecular flexibility index (Phi) is 6.95. The maximum absolute atomic E-state index is 12.9. The number of fused-ring (bicyclic) bond motifs is 1. The lowest BCUT2D eigenvalue weighted by Crippen LogP contribution is -2.30. The summed E-state index contributed by atoms with van der Waals surface area (Å²) in [5.74, 6) is -0.457. The lowest BCUT2D eigenvalue weighted by Gasteiger charge is -2.18. The highest BCUT2D eigenvalue weighted by molar-refractivity contribution is 6.01. The van der Waals surface area contributed by atoms with Crippen molar-refractivity contribution >= 4 is 34.5 Å². The summed E-state index contributed by atoms with van der Waals surface area (Å²) in [4.78, 5) is 48.1. The molecule has 0 atom stereocenters. The van der Waals surface area contributed by atoms with Crippen LogP contribution in [0.5, 0.6) is 0 Å². The molecule has 4 rings (SSSR count). The highest BCUT2D eigenvalue weighted by atomic mass is 16.2. The van der Waals surface area contributed by atoms with Gasteiger partial charge in [-0.25, -0.2) is 9.78 Å². The third-order valence-corrected chi connectivity index (χ3v) is 5.84. The van der Waals surface area contributed by atoms with Crippen LogP contribution >= 0.6 is 0 Å². The van der Waals surface area contributed by atoms with Crippen LogP contribution in [0.25, 0.3) is 22.3 Å². The Hall–Kier alpha value is -4.73. The smallest absolute Gasteiger partial charge is 0.321 e. The molecule has 0 radical (unpaired) electrons. The fraction of sp³-hybridized carbons (Fsp3) is 0.192. The second kappa shape index (κ2) is 10.3. The summed E-state index contributed by atoms with van der Waals surface area (Å²) in [6.07, 6.45) is 3.41. The number of hydrogen-bond acceptors (Lipinski definition) is 6. The number of anilines is 2. The maximum Gasteiger partial charge on any atom is 0.321 e. The van der Waals surface area contributed by atoms with Gasteiger partial charge in [0.15, 0.2) is 0 Å². The minimum Gasteiger partial charge on any atom is -0.384 e. The predicted molar refractivity (Wildman–Crippen MR) is 140 cm³/mol. The van der Waals surface area contributed by atoms with Crippen LogP contribution in [0.15, 0.2) is 65.7 Å². The van der Waals surface area contributed by atoms with Gasteiger partial charge in [-0.3, -0.25) is 14.6 Å². The monoisotopic (exact) mass is 485 g/mol. The molecule has 3 heterocycles. The van der Waals surface area contributed by atoms with Crippen molar-refractivity contribution in [2.24, 2.45) is 0 Å². The van der Waals surface area contributed by atoms with Gasteiger partial charge < -0.3 is 25.8 Å². The third kappa shape index (κ3) is 4.74. The number of urea groups is 1. The van der Waals surface area contributed by atoms with Gasteiger partial charge in [0, 0.05) is 50.8 Å². The Morgan fingerprint density at radius 2 is 1.86 bits per heavy atom. The number of rotatable bonds is 6. The molecule has 0 saturated carbocycles. The zero-order chi connectivity index (χ0) is 25.8. The van der Waals surface area contributed by atoms with E-state index in [1.54, 1.807) is 53.2 Å². The first-order valence-electron chi connectivity index (χ1n) is 11.4. The van der Waals surface area contributed by atoms with E-state index in [4.69, 9.17) is 5.73 Å². The fourth-order valence-electron chi connectivity index (χ4n) is 3.94. The Labute approximate surface area is 207 Å². The Morgan fingerprint density at radius 1 is 1.11 bits per heavy atom. The summed E-state index contributed by atoms with van der Waals surface area (Å²) in [6.45, 7) is 2.73. The number of carbonyl (C=O) groups excluding carboxylic acids is 2. The quantitative estimate of drug-likeness (QED) is 0.384. The van der Waals surface area contributed by atoms with E-state index in [0.717, 1.165) is 11.1 Å². The molecule has 4 N–H and O–H groups in total. The number of amides is 3. The van der Waals surface area contributed by atoms with Crippen LogP contribution in [0.3, 0.4) is 0 Å². The van der Waals surface area contributed by atoms with Crippen LogP contribution in [0.4, 0.5) is 16.3 Å². The number of pyridine rings is 3. The van der Waals surface area contributed by atoms with Crippen molar-refractivity contribution in [3.63, 3.8) is 0 Å². The topological polar surface area (TPSA) is 135 Å². The molecule has 0 fully saturated rings. The van der Waals surface area contributed by atoms with Crippen LogP contribution in [0, 0.1) is 0 Å². The first-order valence-corrected chi connectivity index (χ1v) is 11.4. The van der Waals surface area contributed by atoms with Gasteiger partial charge in [0.2, 0.25) is 5.43 Å². The molecule has 10 nitrogen and oxygen atoms in total. The zero-order valence-electron chi connectivity index (χ0n) is 20.3. The highest BCUT2D eigenvalue weighted by Gasteiger charge is 2.20. The van der Waals surface area contributed by atoms with Gasteiger partial charge in [0.25, 0.3) is 5.91 Å². The van der Waals surface area contributed by atoms with Crippen LogP contribution in [0.1, 0.15) is 22.8 Å². The molecule has 0 unspecified atom stereocenters. The van der Waals surface area contributed by atoms with Gasteiger partial charge in [-0.1, -0.05) is 18.2 Å². The average molecular weight is 486 g/mol. The van der Waals surface area contributed by atoms with Gasteiger partial charge in [-0.2, -0.15) is 0 Å². The fourth-order valence-corrected chi connectivity index (χ4v) is 3.94. The van der Waals surface area contributed by atoms with Crippen molar-refractivity contribution in [2.75, 3.05) is 25.1 Å². The van der Waals surface area contributed by atoms with Gasteiger partial charge in [0.05, 0.1) is 11.1 Å². The standard InChI is InChI=1S/C26H27N7O3/c1-4-33-23(27)21(25(35)28-2)22(34)19-11-12-20(31-24(19)33)17-7-9-18(10-8-17)30-26(36)32(3)15-16-6-5-13-29-14-16/h5-14H,4,15,27H2,1-3H3,(H,28,35)(H,30,36). The van der Waals surface area contributed by atoms with Crippen molar-refractivity contribution in [3.8, 4) is 11.3 Å². The minimum atomic E-state index is -0.533. The second-order valence-corrected chi connectivity index (χ2v) is 8.21. The molecule has 0 spiro atoms. The maximum atomic E-state index is 12.9. The summed E-state index contributed by atoms with van der Waals surface area (Å²) in [5.41, 5.74) is 9.02. The number of aryl methyl sites for hydroxylation is 1. The van der Waals surface area contributed by atoms with Gasteiger partial charge in [0.1, 0.15) is 17.0 Å². The van der Waals surface area contributed by atoms with Crippen molar-refractivity contribution in [1.29, 1.82) is 0 Å². The number of nitrogens with two attached hydrogens (primary N) is 1. The van der Waals surface area contributed by atoms with Gasteiger partial charge in [-0.15, -0.1) is 0 Å². The largest absolute Gasteiger partial charge is 0.384 e. The molecule has 1 aromatic carbocycles. The number of nitrogens with zero attached hydrogens (tertiary/aromatic N) is 4. The third-order valence-electron chi connectivity index (χ3n) is 5.84. The summed E-state index contributed by atoms with van der Waals surface area (Å²) >= 11 is 0. The number of benzene rings is 1. The summed E-state index contributed by atoms with van der Waals surface area (Å²) in [6, 6.07) is 14.1. The molecular formula is C26H27N7O3. The zero-order valence-corrected chi connectivity index (χ0v) is 20.3. The van der Waals surface area contributed by atoms with E-state index in [1.807, 2.05) is 31.2 Å². The van der Waals surface area contributed by atoms with E-state index in [0.29, 0.717) is 35.5 Å². The molecule has 0 bridgehead atoms. The Bertz CT molecular complexity index is 1480. The summed E-state index contributed by atoms with van der Waals surface area (Å²) in [5, 5.41) is 5.65. The van der Waals surface area contributed by atoms with Crippen molar-refractivity contribution in [3.05, 3.63) is 82.3 Å². The van der Waals surface area contributed by atoms with Crippen molar-refractivity contribution in [1.82, 2.24) is 24.8 Å². The van der Waals surface area contributed by atoms with E-state index in [2.05, 4.69) is 20.6 Å². The van der Waals surface area contributed by atoms with Crippen LogP contribution in [-0.4, -0.2) is 45.5 Å². The molecular weight excluding hydrogens is 458 g/mol. The Balaban J connectivity index is 1.58. The van der Waals surface area contributed by atoms with E-state index < -0.39 is 11.3 Å². The van der Waals surface area contributed by atoms with Gasteiger partial charge in [-0.05, 0) is 42.8 Å². The number of nitrogen functional groups attached to an aromatic ring is 1. The molecule has 0 saturated heterocycles. The summed E-state index contributed by atoms with van der Waals surface area (Å²) < 4.78 is 1.65. The molecule has 0 aliphatic carbocycles. The Morgan fingerprint density at radius 3 is 2.50 bits per heavy atom. The normalized spacial score (nSPS) is 10.8. The molecule has 36 heavy (non-hydrogen) atoms. The number of hydrogen-bond donors (Lipinski definition) is 3. The molecule has 3 amide bonds. The van der Waals surface area contributed by atoms with E-state index in [1.165, 1.54) is 7.05 Å². The van der Waals surface area contributed by atoms with Crippen LogP contribution < -0.4 is 21.8 Å². The van der Waals surface area contributed by atoms with E-state index >= 15 is 0 Å².